The molecule has 3 aromatic carbocycles. The smallest absolute Gasteiger partial charge is 0.264 e. The van der Waals surface area contributed by atoms with E-state index in [-0.39, 0.29) is 23.4 Å². The number of rotatable bonds is 10. The molecule has 42 heavy (non-hydrogen) atoms. The maximum Gasteiger partial charge on any atom is 0.264 e. The maximum atomic E-state index is 14.2. The molecule has 0 radical (unpaired) electrons. The molecule has 224 valence electrons. The molecule has 1 aliphatic carbocycles. The second-order valence-corrected chi connectivity index (χ2v) is 13.4. The summed E-state index contributed by atoms with van der Waals surface area (Å²) in [6.07, 6.45) is 5.18. The predicted octanol–water partition coefficient (Wildman–Crippen LogP) is 5.98. The summed E-state index contributed by atoms with van der Waals surface area (Å²) in [4.78, 5) is 29.3. The number of hydrogen-bond donors (Lipinski definition) is 1. The van der Waals surface area contributed by atoms with Crippen LogP contribution in [-0.2, 0) is 26.2 Å². The highest BCUT2D eigenvalue weighted by molar-refractivity contribution is 7.92. The highest BCUT2D eigenvalue weighted by Gasteiger charge is 2.33. The summed E-state index contributed by atoms with van der Waals surface area (Å²) in [5, 5.41) is 3.15. The number of anilines is 1. The van der Waals surface area contributed by atoms with E-state index in [1.165, 1.54) is 15.6 Å². The first-order valence-corrected chi connectivity index (χ1v) is 16.2. The Hall–Kier alpha value is -3.65. The van der Waals surface area contributed by atoms with Crippen molar-refractivity contribution in [3.05, 3.63) is 94.5 Å². The number of carbonyl (C=O) groups is 2. The van der Waals surface area contributed by atoms with Crippen LogP contribution in [0, 0.1) is 27.7 Å². The summed E-state index contributed by atoms with van der Waals surface area (Å²) in [6, 6.07) is 19.0. The minimum absolute atomic E-state index is 0.0954. The van der Waals surface area contributed by atoms with Gasteiger partial charge in [-0.2, -0.15) is 0 Å². The molecule has 1 atom stereocenters. The van der Waals surface area contributed by atoms with Crippen molar-refractivity contribution in [1.82, 2.24) is 10.2 Å². The molecule has 0 unspecified atom stereocenters. The fraction of sp³-hybridized carbons (Fsp3) is 0.412. The number of nitrogens with zero attached hydrogens (tertiary/aromatic N) is 2. The highest BCUT2D eigenvalue weighted by atomic mass is 32.2. The van der Waals surface area contributed by atoms with Gasteiger partial charge in [0, 0.05) is 12.6 Å². The van der Waals surface area contributed by atoms with Crippen LogP contribution in [-0.4, -0.2) is 43.8 Å². The molecule has 0 aromatic heterocycles. The fourth-order valence-electron chi connectivity index (χ4n) is 5.37. The zero-order chi connectivity index (χ0) is 30.4. The van der Waals surface area contributed by atoms with E-state index < -0.39 is 28.5 Å². The molecule has 0 aliphatic heterocycles. The molecule has 1 fully saturated rings. The van der Waals surface area contributed by atoms with Gasteiger partial charge < -0.3 is 10.2 Å². The Morgan fingerprint density at radius 1 is 0.857 bits per heavy atom. The molecule has 4 rings (SSSR count). The van der Waals surface area contributed by atoms with Gasteiger partial charge in [-0.25, -0.2) is 8.42 Å². The summed E-state index contributed by atoms with van der Waals surface area (Å²) in [5.41, 5.74) is 5.18. The van der Waals surface area contributed by atoms with Crippen molar-refractivity contribution < 1.29 is 18.0 Å². The number of amides is 2. The molecule has 8 heteroatoms. The van der Waals surface area contributed by atoms with Crippen LogP contribution >= 0.6 is 0 Å². The third-order valence-corrected chi connectivity index (χ3v) is 10.2. The van der Waals surface area contributed by atoms with Crippen molar-refractivity contribution in [2.75, 3.05) is 10.8 Å². The normalized spacial score (nSPS) is 14.7. The number of carbonyl (C=O) groups excluding carboxylic acids is 2. The van der Waals surface area contributed by atoms with E-state index in [0.717, 1.165) is 53.5 Å². The van der Waals surface area contributed by atoms with E-state index in [9.17, 15) is 18.0 Å². The van der Waals surface area contributed by atoms with Crippen LogP contribution in [0.25, 0.3) is 0 Å². The molecule has 0 saturated heterocycles. The lowest BCUT2D eigenvalue weighted by Gasteiger charge is -2.33. The molecule has 1 N–H and O–H groups in total. The van der Waals surface area contributed by atoms with Crippen LogP contribution in [0.15, 0.2) is 71.6 Å². The zero-order valence-electron chi connectivity index (χ0n) is 25.4. The quantitative estimate of drug-likeness (QED) is 0.315. The van der Waals surface area contributed by atoms with Gasteiger partial charge in [0.1, 0.15) is 12.6 Å². The fourth-order valence-corrected chi connectivity index (χ4v) is 6.78. The Balaban J connectivity index is 1.70. The first kappa shape index (κ1) is 31.3. The first-order chi connectivity index (χ1) is 20.0. The van der Waals surface area contributed by atoms with Crippen molar-refractivity contribution in [2.45, 2.75) is 90.2 Å². The Labute approximate surface area is 251 Å². The largest absolute Gasteiger partial charge is 0.352 e. The number of benzene rings is 3. The first-order valence-electron chi connectivity index (χ1n) is 14.8. The Kier molecular flexibility index (Phi) is 10.1. The molecule has 1 saturated carbocycles. The van der Waals surface area contributed by atoms with Gasteiger partial charge in [0.15, 0.2) is 0 Å². The lowest BCUT2D eigenvalue weighted by atomic mass is 9.95. The second kappa shape index (κ2) is 13.6. The predicted molar refractivity (Wildman–Crippen MR) is 168 cm³/mol. The second-order valence-electron chi connectivity index (χ2n) is 11.6. The van der Waals surface area contributed by atoms with E-state index in [2.05, 4.69) is 5.32 Å². The molecule has 1 aliphatic rings. The summed E-state index contributed by atoms with van der Waals surface area (Å²) in [7, 11) is -4.09. The van der Waals surface area contributed by atoms with E-state index in [1.807, 2.05) is 58.0 Å². The van der Waals surface area contributed by atoms with Crippen molar-refractivity contribution in [2.24, 2.45) is 0 Å². The van der Waals surface area contributed by atoms with Crippen molar-refractivity contribution >= 4 is 27.5 Å². The summed E-state index contributed by atoms with van der Waals surface area (Å²) >= 11 is 0. The minimum atomic E-state index is -4.09. The Bertz CT molecular complexity index is 1510. The van der Waals surface area contributed by atoms with Crippen LogP contribution in [0.5, 0.6) is 0 Å². The molecular weight excluding hydrogens is 546 g/mol. The molecular formula is C34H43N3O4S. The monoisotopic (exact) mass is 589 g/mol. The van der Waals surface area contributed by atoms with E-state index in [0.29, 0.717) is 5.69 Å². The van der Waals surface area contributed by atoms with Gasteiger partial charge in [0.2, 0.25) is 11.8 Å². The average molecular weight is 590 g/mol. The van der Waals surface area contributed by atoms with Gasteiger partial charge in [-0.3, -0.25) is 13.9 Å². The van der Waals surface area contributed by atoms with Gasteiger partial charge in [-0.05, 0) is 94.0 Å². The molecule has 0 bridgehead atoms. The minimum Gasteiger partial charge on any atom is -0.352 e. The molecule has 3 aromatic rings. The Morgan fingerprint density at radius 2 is 1.52 bits per heavy atom. The van der Waals surface area contributed by atoms with Crippen LogP contribution < -0.4 is 9.62 Å². The van der Waals surface area contributed by atoms with Crippen molar-refractivity contribution in [3.8, 4) is 0 Å². The third-order valence-electron chi connectivity index (χ3n) is 8.39. The standard InChI is InChI=1S/C34H43N3O4S/c1-24-15-19-32(20-16-24)42(40,41)37(31-18-17-25(2)27(4)21-31)23-33(38)36(22-29-12-10-9-11-26(29)3)28(5)34(39)35-30-13-7-6-8-14-30/h9-12,15-21,28,30H,6-8,13-14,22-23H2,1-5H3,(H,35,39)/t28-/m1/s1. The molecule has 0 heterocycles. The lowest BCUT2D eigenvalue weighted by Crippen LogP contribution is -2.53. The number of aryl methyl sites for hydroxylation is 4. The van der Waals surface area contributed by atoms with Gasteiger partial charge in [0.25, 0.3) is 10.0 Å². The van der Waals surface area contributed by atoms with Gasteiger partial charge in [0.05, 0.1) is 10.6 Å². The summed E-state index contributed by atoms with van der Waals surface area (Å²) in [6.45, 7) is 9.21. The number of nitrogens with one attached hydrogen (secondary N) is 1. The topological polar surface area (TPSA) is 86.8 Å². The number of hydrogen-bond acceptors (Lipinski definition) is 4. The summed E-state index contributed by atoms with van der Waals surface area (Å²) < 4.78 is 29.3. The maximum absolute atomic E-state index is 14.2. The summed E-state index contributed by atoms with van der Waals surface area (Å²) in [5.74, 6) is -0.665. The highest BCUT2D eigenvalue weighted by Crippen LogP contribution is 2.27. The van der Waals surface area contributed by atoms with Gasteiger partial charge in [-0.1, -0.05) is 67.3 Å². The van der Waals surface area contributed by atoms with E-state index in [1.54, 1.807) is 43.3 Å². The van der Waals surface area contributed by atoms with Crippen LogP contribution in [0.4, 0.5) is 5.69 Å². The SMILES string of the molecule is Cc1ccc(S(=O)(=O)N(CC(=O)N(Cc2ccccc2C)[C@H](C)C(=O)NC2CCCCC2)c2ccc(C)c(C)c2)cc1. The van der Waals surface area contributed by atoms with E-state index in [4.69, 9.17) is 0 Å². The van der Waals surface area contributed by atoms with Gasteiger partial charge in [-0.15, -0.1) is 0 Å². The van der Waals surface area contributed by atoms with Crippen LogP contribution in [0.3, 0.4) is 0 Å². The third kappa shape index (κ3) is 7.40. The van der Waals surface area contributed by atoms with Gasteiger partial charge >= 0.3 is 0 Å². The molecule has 7 nitrogen and oxygen atoms in total. The van der Waals surface area contributed by atoms with Crippen molar-refractivity contribution in [1.29, 1.82) is 0 Å². The lowest BCUT2D eigenvalue weighted by molar-refractivity contribution is -0.139. The number of sulfonamides is 1. The average Bonchev–Trinajstić information content (AvgIpc) is 2.97. The van der Waals surface area contributed by atoms with Crippen LogP contribution in [0.2, 0.25) is 0 Å². The van der Waals surface area contributed by atoms with Crippen LogP contribution in [0.1, 0.15) is 66.8 Å². The Morgan fingerprint density at radius 3 is 2.17 bits per heavy atom. The zero-order valence-corrected chi connectivity index (χ0v) is 26.2. The van der Waals surface area contributed by atoms with E-state index >= 15 is 0 Å². The van der Waals surface area contributed by atoms with Crippen molar-refractivity contribution in [3.63, 3.8) is 0 Å². The molecule has 2 amide bonds. The molecule has 0 spiro atoms.